The lowest BCUT2D eigenvalue weighted by atomic mass is 10.1. The molecule has 1 saturated heterocycles. The van der Waals surface area contributed by atoms with Crippen molar-refractivity contribution < 1.29 is 13.2 Å². The number of sulfonamides is 1. The monoisotopic (exact) mass is 392 g/mol. The van der Waals surface area contributed by atoms with Crippen LogP contribution >= 0.6 is 11.6 Å². The first kappa shape index (κ1) is 18.7. The largest absolute Gasteiger partial charge is 0.348 e. The Morgan fingerprint density at radius 2 is 2.00 bits per heavy atom. The third kappa shape index (κ3) is 4.19. The van der Waals surface area contributed by atoms with Crippen LogP contribution in [0.25, 0.3) is 0 Å². The summed E-state index contributed by atoms with van der Waals surface area (Å²) in [6.45, 7) is 2.84. The summed E-state index contributed by atoms with van der Waals surface area (Å²) in [6.07, 6.45) is 1.49. The van der Waals surface area contributed by atoms with E-state index in [9.17, 15) is 13.2 Å². The summed E-state index contributed by atoms with van der Waals surface area (Å²) in [5.74, 6) is -0.145. The molecule has 0 unspecified atom stereocenters. The van der Waals surface area contributed by atoms with Crippen LogP contribution in [0.5, 0.6) is 0 Å². The van der Waals surface area contributed by atoms with Gasteiger partial charge < -0.3 is 5.32 Å². The van der Waals surface area contributed by atoms with Gasteiger partial charge >= 0.3 is 0 Å². The predicted molar refractivity (Wildman–Crippen MR) is 104 cm³/mol. The van der Waals surface area contributed by atoms with E-state index in [0.29, 0.717) is 30.8 Å². The van der Waals surface area contributed by atoms with E-state index < -0.39 is 10.0 Å². The molecular weight excluding hydrogens is 372 g/mol. The van der Waals surface area contributed by atoms with Gasteiger partial charge in [-0.1, -0.05) is 41.4 Å². The first-order valence-electron chi connectivity index (χ1n) is 8.50. The molecule has 2 aromatic rings. The lowest BCUT2D eigenvalue weighted by Gasteiger charge is -2.28. The number of carbonyl (C=O) groups excluding carboxylic acids is 1. The Bertz CT molecular complexity index is 928. The number of amides is 1. The number of halogens is 1. The minimum absolute atomic E-state index is 0.142. The van der Waals surface area contributed by atoms with E-state index >= 15 is 0 Å². The van der Waals surface area contributed by atoms with E-state index in [4.69, 9.17) is 11.6 Å². The Morgan fingerprint density at radius 3 is 2.69 bits per heavy atom. The molecule has 0 bridgehead atoms. The van der Waals surface area contributed by atoms with E-state index in [1.807, 2.05) is 31.2 Å². The smallest absolute Gasteiger partial charge is 0.253 e. The number of hydrogen-bond donors (Lipinski definition) is 1. The number of anilines is 1. The molecule has 0 spiro atoms. The molecule has 1 aliphatic rings. The van der Waals surface area contributed by atoms with Gasteiger partial charge in [-0.05, 0) is 43.5 Å². The second-order valence-corrected chi connectivity index (χ2v) is 8.85. The van der Waals surface area contributed by atoms with Crippen molar-refractivity contribution in [2.24, 2.45) is 0 Å². The van der Waals surface area contributed by atoms with Crippen LogP contribution in [0.4, 0.5) is 5.69 Å². The maximum Gasteiger partial charge on any atom is 0.253 e. The van der Waals surface area contributed by atoms with E-state index in [1.54, 1.807) is 18.2 Å². The van der Waals surface area contributed by atoms with Gasteiger partial charge in [-0.25, -0.2) is 8.42 Å². The zero-order chi connectivity index (χ0) is 18.7. The van der Waals surface area contributed by atoms with Crippen molar-refractivity contribution in [1.29, 1.82) is 0 Å². The fourth-order valence-electron chi connectivity index (χ4n) is 3.02. The molecule has 3 rings (SSSR count). The van der Waals surface area contributed by atoms with Crippen LogP contribution in [0.1, 0.15) is 34.3 Å². The second-order valence-electron chi connectivity index (χ2n) is 6.43. The van der Waals surface area contributed by atoms with Gasteiger partial charge in [0.2, 0.25) is 10.0 Å². The molecule has 5 nitrogen and oxygen atoms in total. The molecule has 0 saturated carbocycles. The fraction of sp³-hybridized carbons (Fsp3) is 0.316. The summed E-state index contributed by atoms with van der Waals surface area (Å²) < 4.78 is 25.8. The molecule has 1 fully saturated rings. The number of nitrogens with one attached hydrogen (secondary N) is 1. The molecule has 2 aromatic carbocycles. The normalized spacial score (nSPS) is 16.3. The van der Waals surface area contributed by atoms with Crippen LogP contribution in [0.3, 0.4) is 0 Å². The van der Waals surface area contributed by atoms with Crippen LogP contribution < -0.4 is 9.62 Å². The average Bonchev–Trinajstić information content (AvgIpc) is 2.59. The molecule has 1 heterocycles. The number of rotatable bonds is 4. The summed E-state index contributed by atoms with van der Waals surface area (Å²) >= 11 is 6.26. The van der Waals surface area contributed by atoms with Crippen molar-refractivity contribution in [3.05, 3.63) is 64.2 Å². The molecule has 1 aliphatic heterocycles. The number of carbonyl (C=O) groups is 1. The van der Waals surface area contributed by atoms with Crippen molar-refractivity contribution in [1.82, 2.24) is 5.32 Å². The first-order valence-corrected chi connectivity index (χ1v) is 10.5. The van der Waals surface area contributed by atoms with Gasteiger partial charge in [0.05, 0.1) is 22.0 Å². The third-order valence-corrected chi connectivity index (χ3v) is 6.55. The van der Waals surface area contributed by atoms with E-state index in [-0.39, 0.29) is 16.7 Å². The maximum absolute atomic E-state index is 12.4. The van der Waals surface area contributed by atoms with Crippen molar-refractivity contribution in [3.8, 4) is 0 Å². The van der Waals surface area contributed by atoms with Gasteiger partial charge in [0.25, 0.3) is 5.91 Å². The van der Waals surface area contributed by atoms with Crippen molar-refractivity contribution >= 4 is 33.2 Å². The molecule has 1 amide bonds. The van der Waals surface area contributed by atoms with Gasteiger partial charge in [-0.2, -0.15) is 0 Å². The zero-order valence-electron chi connectivity index (χ0n) is 14.5. The van der Waals surface area contributed by atoms with Crippen LogP contribution in [0, 0.1) is 6.92 Å². The zero-order valence-corrected chi connectivity index (χ0v) is 16.1. The van der Waals surface area contributed by atoms with Gasteiger partial charge in [0.15, 0.2) is 0 Å². The summed E-state index contributed by atoms with van der Waals surface area (Å²) in [7, 11) is -3.30. The summed E-state index contributed by atoms with van der Waals surface area (Å²) in [5.41, 5.74) is 2.97. The van der Waals surface area contributed by atoms with E-state index in [2.05, 4.69) is 5.32 Å². The maximum atomic E-state index is 12.4. The van der Waals surface area contributed by atoms with Crippen LogP contribution in [0.15, 0.2) is 42.5 Å². The van der Waals surface area contributed by atoms with Gasteiger partial charge in [0, 0.05) is 13.1 Å². The van der Waals surface area contributed by atoms with Crippen molar-refractivity contribution in [2.75, 3.05) is 16.6 Å². The highest BCUT2D eigenvalue weighted by Crippen LogP contribution is 2.28. The van der Waals surface area contributed by atoms with Gasteiger partial charge in [0.1, 0.15) is 0 Å². The van der Waals surface area contributed by atoms with Gasteiger partial charge in [-0.3, -0.25) is 9.10 Å². The Morgan fingerprint density at radius 1 is 1.19 bits per heavy atom. The molecule has 0 aliphatic carbocycles. The molecule has 138 valence electrons. The SMILES string of the molecule is Cc1cccc(CNC(=O)c2ccc(N3CCCCS3(=O)=O)cc2Cl)c1. The highest BCUT2D eigenvalue weighted by molar-refractivity contribution is 7.92. The molecule has 0 atom stereocenters. The first-order chi connectivity index (χ1) is 12.4. The second kappa shape index (κ2) is 7.68. The fourth-order valence-corrected chi connectivity index (χ4v) is 4.91. The quantitative estimate of drug-likeness (QED) is 0.865. The Labute approximate surface area is 159 Å². The summed E-state index contributed by atoms with van der Waals surface area (Å²) in [6, 6.07) is 12.6. The number of aryl methyl sites for hydroxylation is 1. The lowest BCUT2D eigenvalue weighted by Crippen LogP contribution is -2.37. The summed E-state index contributed by atoms with van der Waals surface area (Å²) in [4.78, 5) is 12.4. The van der Waals surface area contributed by atoms with Crippen LogP contribution in [-0.2, 0) is 16.6 Å². The van der Waals surface area contributed by atoms with E-state index in [0.717, 1.165) is 17.5 Å². The molecule has 7 heteroatoms. The van der Waals surface area contributed by atoms with Crippen molar-refractivity contribution in [2.45, 2.75) is 26.3 Å². The Balaban J connectivity index is 1.73. The minimum Gasteiger partial charge on any atom is -0.348 e. The van der Waals surface area contributed by atoms with Gasteiger partial charge in [-0.15, -0.1) is 0 Å². The standard InChI is InChI=1S/C19H21ClN2O3S/c1-14-5-4-6-15(11-14)13-21-19(23)17-8-7-16(12-18(17)20)22-9-2-3-10-26(22,24)25/h4-8,11-12H,2-3,9-10,13H2,1H3,(H,21,23). The predicted octanol–water partition coefficient (Wildman–Crippen LogP) is 3.51. The minimum atomic E-state index is -3.30. The highest BCUT2D eigenvalue weighted by Gasteiger charge is 2.26. The highest BCUT2D eigenvalue weighted by atomic mass is 35.5. The molecule has 26 heavy (non-hydrogen) atoms. The topological polar surface area (TPSA) is 66.5 Å². The number of hydrogen-bond acceptors (Lipinski definition) is 3. The summed E-state index contributed by atoms with van der Waals surface area (Å²) in [5, 5.41) is 3.08. The average molecular weight is 393 g/mol. The number of benzene rings is 2. The molecular formula is C19H21ClN2O3S. The van der Waals surface area contributed by atoms with E-state index in [1.165, 1.54) is 4.31 Å². The van der Waals surface area contributed by atoms with Crippen LogP contribution in [0.2, 0.25) is 5.02 Å². The lowest BCUT2D eigenvalue weighted by molar-refractivity contribution is 0.0951. The van der Waals surface area contributed by atoms with Crippen LogP contribution in [-0.4, -0.2) is 26.6 Å². The molecule has 0 aromatic heterocycles. The molecule has 0 radical (unpaired) electrons. The third-order valence-electron chi connectivity index (χ3n) is 4.37. The molecule has 1 N–H and O–H groups in total. The Kier molecular flexibility index (Phi) is 5.53. The Hall–Kier alpha value is -2.05. The van der Waals surface area contributed by atoms with Crippen molar-refractivity contribution in [3.63, 3.8) is 0 Å². The number of nitrogens with zero attached hydrogens (tertiary/aromatic N) is 1.